The largest absolute Gasteiger partial charge is 0.343 e. The van der Waals surface area contributed by atoms with Crippen LogP contribution in [0.5, 0.6) is 0 Å². The van der Waals surface area contributed by atoms with Crippen molar-refractivity contribution in [1.29, 1.82) is 0 Å². The van der Waals surface area contributed by atoms with Gasteiger partial charge in [-0.25, -0.2) is 4.98 Å². The molecule has 5 heteroatoms. The van der Waals surface area contributed by atoms with Gasteiger partial charge in [0.15, 0.2) is 0 Å². The fraction of sp³-hybridized carbons (Fsp3) is 0.556. The first-order valence-corrected chi connectivity index (χ1v) is 4.50. The topological polar surface area (TPSA) is 49.0 Å². The van der Waals surface area contributed by atoms with Crippen LogP contribution in [0.25, 0.3) is 0 Å². The van der Waals surface area contributed by atoms with Crippen LogP contribution in [-0.4, -0.2) is 52.6 Å². The van der Waals surface area contributed by atoms with Crippen molar-refractivity contribution in [3.63, 3.8) is 0 Å². The van der Waals surface area contributed by atoms with Gasteiger partial charge in [0.2, 0.25) is 5.95 Å². The summed E-state index contributed by atoms with van der Waals surface area (Å²) in [5, 5.41) is 0. The third kappa shape index (κ3) is 3.44. The summed E-state index contributed by atoms with van der Waals surface area (Å²) in [7, 11) is 0. The number of H-pyrrole nitrogens is 1. The molecule has 0 fully saturated rings. The number of aromatic nitrogens is 2. The van der Waals surface area contributed by atoms with E-state index in [1.54, 1.807) is 0 Å². The Hall–Kier alpha value is -0.320. The number of aromatic amines is 1. The molecule has 0 aliphatic heterocycles. The minimum absolute atomic E-state index is 0. The Morgan fingerprint density at radius 3 is 2.43 bits per heavy atom. The maximum absolute atomic E-state index is 11.1. The Labute approximate surface area is 106 Å². The summed E-state index contributed by atoms with van der Waals surface area (Å²) in [6.45, 7) is 7.59. The Morgan fingerprint density at radius 2 is 2.00 bits per heavy atom. The summed E-state index contributed by atoms with van der Waals surface area (Å²) in [4.78, 5) is 20.1. The minimum Gasteiger partial charge on any atom is -0.343 e. The number of nitrogens with zero attached hydrogens (tertiary/aromatic N) is 2. The van der Waals surface area contributed by atoms with Crippen molar-refractivity contribution in [2.24, 2.45) is 0 Å². The van der Waals surface area contributed by atoms with Crippen LogP contribution in [0.1, 0.15) is 19.5 Å². The first-order valence-electron chi connectivity index (χ1n) is 4.50. The van der Waals surface area contributed by atoms with Gasteiger partial charge in [0.05, 0.1) is 0 Å². The first kappa shape index (κ1) is 13.7. The van der Waals surface area contributed by atoms with E-state index in [1.807, 2.05) is 25.7 Å². The summed E-state index contributed by atoms with van der Waals surface area (Å²) in [6, 6.07) is 1.49. The van der Waals surface area contributed by atoms with Crippen LogP contribution in [0.3, 0.4) is 0 Å². The molecule has 1 aromatic rings. The molecule has 4 nitrogen and oxygen atoms in total. The van der Waals surface area contributed by atoms with E-state index in [-0.39, 0.29) is 35.1 Å². The van der Waals surface area contributed by atoms with E-state index in [0.717, 1.165) is 18.8 Å². The predicted molar refractivity (Wildman–Crippen MR) is 58.9 cm³/mol. The molecule has 0 atom stereocenters. The molecule has 0 aliphatic rings. The van der Waals surface area contributed by atoms with Gasteiger partial charge < -0.3 is 4.90 Å². The molecule has 0 aliphatic carbocycles. The number of hydrogen-bond acceptors (Lipinski definition) is 3. The van der Waals surface area contributed by atoms with Gasteiger partial charge in [-0.1, -0.05) is 0 Å². The fourth-order valence-corrected chi connectivity index (χ4v) is 1.24. The molecule has 73 valence electrons. The van der Waals surface area contributed by atoms with Crippen molar-refractivity contribution >= 4 is 35.5 Å². The molecule has 1 heterocycles. The zero-order valence-corrected chi connectivity index (χ0v) is 11.3. The van der Waals surface area contributed by atoms with E-state index in [4.69, 9.17) is 0 Å². The Morgan fingerprint density at radius 1 is 1.43 bits per heavy atom. The van der Waals surface area contributed by atoms with Crippen molar-refractivity contribution < 1.29 is 0 Å². The Kier molecular flexibility index (Phi) is 6.08. The van der Waals surface area contributed by atoms with Gasteiger partial charge in [-0.2, -0.15) is 0 Å². The molecular weight excluding hydrogens is 189 g/mol. The van der Waals surface area contributed by atoms with Gasteiger partial charge in [-0.3, -0.25) is 9.78 Å². The first-order chi connectivity index (χ1) is 6.17. The van der Waals surface area contributed by atoms with Crippen molar-refractivity contribution in [2.75, 3.05) is 18.0 Å². The second kappa shape index (κ2) is 6.22. The molecule has 1 N–H and O–H groups in total. The average molecular weight is 204 g/mol. The van der Waals surface area contributed by atoms with Gasteiger partial charge in [0.1, 0.15) is 0 Å². The van der Waals surface area contributed by atoms with Gasteiger partial charge in [0.25, 0.3) is 5.56 Å². The Bertz CT molecular complexity index is 333. The van der Waals surface area contributed by atoms with Gasteiger partial charge in [-0.05, 0) is 20.8 Å². The summed E-state index contributed by atoms with van der Waals surface area (Å²) in [6.07, 6.45) is 0. The van der Waals surface area contributed by atoms with E-state index in [1.165, 1.54) is 6.07 Å². The molecule has 0 saturated carbocycles. The minimum atomic E-state index is -0.0885. The smallest absolute Gasteiger partial charge is 0.252 e. The van der Waals surface area contributed by atoms with E-state index < -0.39 is 0 Å². The van der Waals surface area contributed by atoms with Crippen LogP contribution < -0.4 is 10.5 Å². The molecule has 0 bridgehead atoms. The third-order valence-corrected chi connectivity index (χ3v) is 1.92. The SMILES string of the molecule is CCN(CC)c1nc(C)cc(=O)[nH]1.[Na]. The molecule has 0 saturated heterocycles. The standard InChI is InChI=1S/C9H15N3O.Na/c1-4-12(5-2)9-10-7(3)6-8(13)11-9;/h6H,4-5H2,1-3H3,(H,10,11,13);. The summed E-state index contributed by atoms with van der Waals surface area (Å²) < 4.78 is 0. The monoisotopic (exact) mass is 204 g/mol. The van der Waals surface area contributed by atoms with E-state index in [0.29, 0.717) is 5.95 Å². The van der Waals surface area contributed by atoms with Gasteiger partial charge >= 0.3 is 0 Å². The van der Waals surface area contributed by atoms with Crippen molar-refractivity contribution in [1.82, 2.24) is 9.97 Å². The summed E-state index contributed by atoms with van der Waals surface area (Å²) in [5.41, 5.74) is 0.667. The number of hydrogen-bond donors (Lipinski definition) is 1. The van der Waals surface area contributed by atoms with Crippen molar-refractivity contribution in [3.05, 3.63) is 22.1 Å². The second-order valence-electron chi connectivity index (χ2n) is 2.88. The van der Waals surface area contributed by atoms with E-state index in [2.05, 4.69) is 9.97 Å². The van der Waals surface area contributed by atoms with Crippen LogP contribution >= 0.6 is 0 Å². The molecule has 14 heavy (non-hydrogen) atoms. The number of rotatable bonds is 3. The maximum atomic E-state index is 11.1. The number of anilines is 1. The third-order valence-electron chi connectivity index (χ3n) is 1.92. The predicted octanol–water partition coefficient (Wildman–Crippen LogP) is 0.544. The molecule has 1 rings (SSSR count). The molecule has 0 unspecified atom stereocenters. The van der Waals surface area contributed by atoms with Crippen LogP contribution in [0, 0.1) is 6.92 Å². The summed E-state index contributed by atoms with van der Waals surface area (Å²) >= 11 is 0. The molecule has 0 spiro atoms. The van der Waals surface area contributed by atoms with Crippen LogP contribution in [0.2, 0.25) is 0 Å². The van der Waals surface area contributed by atoms with E-state index >= 15 is 0 Å². The molecular formula is C9H15N3NaO. The number of aryl methyl sites for hydroxylation is 1. The van der Waals surface area contributed by atoms with Crippen LogP contribution in [-0.2, 0) is 0 Å². The van der Waals surface area contributed by atoms with Gasteiger partial charge in [0, 0.05) is 54.4 Å². The Balaban J connectivity index is 0.00000169. The second-order valence-corrected chi connectivity index (χ2v) is 2.88. The average Bonchev–Trinajstić information content (AvgIpc) is 2.04. The molecule has 1 aromatic heterocycles. The van der Waals surface area contributed by atoms with Crippen LogP contribution in [0.15, 0.2) is 10.9 Å². The molecule has 1 radical (unpaired) electrons. The molecule has 0 amide bonds. The zero-order chi connectivity index (χ0) is 9.84. The summed E-state index contributed by atoms with van der Waals surface area (Å²) in [5.74, 6) is 0.662. The quantitative estimate of drug-likeness (QED) is 0.731. The normalized spacial score (nSPS) is 9.36. The number of nitrogens with one attached hydrogen (secondary N) is 1. The van der Waals surface area contributed by atoms with Crippen LogP contribution in [0.4, 0.5) is 5.95 Å². The van der Waals surface area contributed by atoms with E-state index in [9.17, 15) is 4.79 Å². The fourth-order valence-electron chi connectivity index (χ4n) is 1.24. The van der Waals surface area contributed by atoms with Gasteiger partial charge in [-0.15, -0.1) is 0 Å². The zero-order valence-electron chi connectivity index (χ0n) is 9.29. The molecule has 0 aromatic carbocycles. The van der Waals surface area contributed by atoms with Crippen molar-refractivity contribution in [2.45, 2.75) is 20.8 Å². The maximum Gasteiger partial charge on any atom is 0.252 e. The van der Waals surface area contributed by atoms with Crippen molar-refractivity contribution in [3.8, 4) is 0 Å².